The first-order valence-corrected chi connectivity index (χ1v) is 9.75. The molecule has 140 valence electrons. The fraction of sp³-hybridized carbons (Fsp3) is 0.130. The van der Waals surface area contributed by atoms with Gasteiger partial charge in [-0.15, -0.1) is 0 Å². The fourth-order valence-electron chi connectivity index (χ4n) is 3.37. The average Bonchev–Trinajstić information content (AvgIpc) is 2.96. The number of ether oxygens (including phenoxy) is 1. The molecule has 1 aliphatic heterocycles. The van der Waals surface area contributed by atoms with Crippen molar-refractivity contribution in [3.63, 3.8) is 0 Å². The van der Waals surface area contributed by atoms with Crippen molar-refractivity contribution in [1.82, 2.24) is 4.90 Å². The molecule has 0 radical (unpaired) electrons. The molecule has 0 aliphatic carbocycles. The van der Waals surface area contributed by atoms with Crippen LogP contribution in [0.1, 0.15) is 16.7 Å². The summed E-state index contributed by atoms with van der Waals surface area (Å²) in [6.45, 7) is 2.28. The third-order valence-corrected chi connectivity index (χ3v) is 5.63. The van der Waals surface area contributed by atoms with Gasteiger partial charge in [-0.1, -0.05) is 60.2 Å². The molecule has 0 N–H and O–H groups in total. The topological polar surface area (TPSA) is 46.6 Å². The van der Waals surface area contributed by atoms with Gasteiger partial charge in [0.2, 0.25) is 0 Å². The van der Waals surface area contributed by atoms with E-state index in [1.807, 2.05) is 67.6 Å². The van der Waals surface area contributed by atoms with Gasteiger partial charge in [0.1, 0.15) is 5.75 Å². The molecule has 3 aromatic carbocycles. The Balaban J connectivity index is 1.67. The van der Waals surface area contributed by atoms with Crippen LogP contribution in [0.5, 0.6) is 5.75 Å². The smallest absolute Gasteiger partial charge is 0.293 e. The molecule has 0 saturated carbocycles. The summed E-state index contributed by atoms with van der Waals surface area (Å²) in [6.07, 6.45) is 1.79. The zero-order valence-electron chi connectivity index (χ0n) is 15.6. The molecule has 0 atom stereocenters. The van der Waals surface area contributed by atoms with Crippen molar-refractivity contribution in [2.24, 2.45) is 0 Å². The summed E-state index contributed by atoms with van der Waals surface area (Å²) >= 11 is 0.986. The monoisotopic (exact) mass is 389 g/mol. The number of amides is 2. The molecule has 0 aromatic heterocycles. The molecule has 4 nitrogen and oxygen atoms in total. The van der Waals surface area contributed by atoms with Gasteiger partial charge in [-0.2, -0.15) is 0 Å². The minimum Gasteiger partial charge on any atom is -0.496 e. The second-order valence-corrected chi connectivity index (χ2v) is 7.65. The Morgan fingerprint density at radius 3 is 2.54 bits per heavy atom. The van der Waals surface area contributed by atoms with Crippen molar-refractivity contribution in [2.45, 2.75) is 13.5 Å². The SMILES string of the molecule is COc1ccc(/C=C2/SC(=O)N(Cc3cccc(C)c3)C2=O)c2ccccc12. The molecule has 4 rings (SSSR count). The van der Waals surface area contributed by atoms with E-state index in [9.17, 15) is 9.59 Å². The molecule has 1 heterocycles. The molecule has 0 bridgehead atoms. The highest BCUT2D eigenvalue weighted by Crippen LogP contribution is 2.36. The molecule has 5 heteroatoms. The number of nitrogens with zero attached hydrogens (tertiary/aromatic N) is 1. The quantitative estimate of drug-likeness (QED) is 0.561. The van der Waals surface area contributed by atoms with Gasteiger partial charge in [0.05, 0.1) is 18.6 Å². The van der Waals surface area contributed by atoms with Crippen molar-refractivity contribution in [2.75, 3.05) is 7.11 Å². The highest BCUT2D eigenvalue weighted by Gasteiger charge is 2.35. The number of methoxy groups -OCH3 is 1. The van der Waals surface area contributed by atoms with Crippen molar-refractivity contribution < 1.29 is 14.3 Å². The van der Waals surface area contributed by atoms with Crippen LogP contribution in [0.3, 0.4) is 0 Å². The molecule has 28 heavy (non-hydrogen) atoms. The minimum absolute atomic E-state index is 0.240. The minimum atomic E-state index is -0.253. The Morgan fingerprint density at radius 1 is 1.00 bits per heavy atom. The van der Waals surface area contributed by atoms with Gasteiger partial charge in [-0.25, -0.2) is 0 Å². The summed E-state index contributed by atoms with van der Waals surface area (Å²) in [5, 5.41) is 1.71. The number of carbonyl (C=O) groups excluding carboxylic acids is 2. The van der Waals surface area contributed by atoms with E-state index in [2.05, 4.69) is 0 Å². The zero-order valence-corrected chi connectivity index (χ0v) is 16.5. The van der Waals surface area contributed by atoms with Crippen LogP contribution < -0.4 is 4.74 Å². The lowest BCUT2D eigenvalue weighted by atomic mass is 10.0. The Morgan fingerprint density at radius 2 is 1.79 bits per heavy atom. The molecule has 1 saturated heterocycles. The van der Waals surface area contributed by atoms with Crippen LogP contribution >= 0.6 is 11.8 Å². The summed E-state index contributed by atoms with van der Waals surface area (Å²) in [5.41, 5.74) is 2.93. The van der Waals surface area contributed by atoms with Gasteiger partial charge < -0.3 is 4.74 Å². The van der Waals surface area contributed by atoms with Crippen molar-refractivity contribution in [1.29, 1.82) is 0 Å². The average molecular weight is 389 g/mol. The van der Waals surface area contributed by atoms with E-state index in [4.69, 9.17) is 4.74 Å². The van der Waals surface area contributed by atoms with Gasteiger partial charge in [-0.3, -0.25) is 14.5 Å². The summed E-state index contributed by atoms with van der Waals surface area (Å²) in [6, 6.07) is 19.5. The van der Waals surface area contributed by atoms with Crippen LogP contribution in [0.4, 0.5) is 4.79 Å². The lowest BCUT2D eigenvalue weighted by molar-refractivity contribution is -0.123. The van der Waals surface area contributed by atoms with Crippen LogP contribution in [0.15, 0.2) is 65.6 Å². The van der Waals surface area contributed by atoms with Crippen LogP contribution in [0, 0.1) is 6.92 Å². The molecule has 1 aliphatic rings. The van der Waals surface area contributed by atoms with Crippen LogP contribution in [-0.2, 0) is 11.3 Å². The van der Waals surface area contributed by atoms with Crippen LogP contribution in [0.2, 0.25) is 0 Å². The predicted octanol–water partition coefficient (Wildman–Crippen LogP) is 5.39. The highest BCUT2D eigenvalue weighted by atomic mass is 32.2. The molecular formula is C23H19NO3S. The summed E-state index contributed by atoms with van der Waals surface area (Å²) in [5.74, 6) is 0.525. The van der Waals surface area contributed by atoms with E-state index < -0.39 is 0 Å². The van der Waals surface area contributed by atoms with E-state index >= 15 is 0 Å². The largest absolute Gasteiger partial charge is 0.496 e. The zero-order chi connectivity index (χ0) is 19.7. The maximum Gasteiger partial charge on any atom is 0.293 e. The third kappa shape index (κ3) is 3.41. The van der Waals surface area contributed by atoms with Gasteiger partial charge in [0.25, 0.3) is 11.1 Å². The van der Waals surface area contributed by atoms with Gasteiger partial charge in [0.15, 0.2) is 0 Å². The van der Waals surface area contributed by atoms with Gasteiger partial charge in [-0.05, 0) is 47.3 Å². The number of rotatable bonds is 4. The Bertz CT molecular complexity index is 1120. The van der Waals surface area contributed by atoms with E-state index in [1.54, 1.807) is 13.2 Å². The predicted molar refractivity (Wildman–Crippen MR) is 113 cm³/mol. The van der Waals surface area contributed by atoms with Gasteiger partial charge >= 0.3 is 0 Å². The fourth-order valence-corrected chi connectivity index (χ4v) is 4.20. The number of fused-ring (bicyclic) bond motifs is 1. The number of imide groups is 1. The summed E-state index contributed by atoms with van der Waals surface area (Å²) < 4.78 is 5.43. The van der Waals surface area contributed by atoms with Crippen LogP contribution in [-0.4, -0.2) is 23.2 Å². The summed E-state index contributed by atoms with van der Waals surface area (Å²) in [4.78, 5) is 27.0. The molecule has 2 amide bonds. The molecule has 1 fully saturated rings. The van der Waals surface area contributed by atoms with E-state index in [-0.39, 0.29) is 17.7 Å². The second-order valence-electron chi connectivity index (χ2n) is 6.66. The number of aryl methyl sites for hydroxylation is 1. The Hall–Kier alpha value is -3.05. The maximum atomic E-state index is 12.9. The maximum absolute atomic E-state index is 12.9. The standard InChI is InChI=1S/C23H19NO3S/c1-15-6-5-7-16(12-15)14-24-22(25)21(28-23(24)26)13-17-10-11-20(27-2)19-9-4-3-8-18(17)19/h3-13H,14H2,1-2H3/b21-13+. The normalized spacial score (nSPS) is 15.6. The Labute approximate surface area is 167 Å². The summed E-state index contributed by atoms with van der Waals surface area (Å²) in [7, 11) is 1.64. The Kier molecular flexibility index (Phi) is 4.92. The van der Waals surface area contributed by atoms with Crippen LogP contribution in [0.25, 0.3) is 16.8 Å². The van der Waals surface area contributed by atoms with E-state index in [1.165, 1.54) is 4.90 Å². The lowest BCUT2D eigenvalue weighted by Crippen LogP contribution is -2.27. The first-order chi connectivity index (χ1) is 13.6. The molecule has 3 aromatic rings. The number of benzene rings is 3. The number of hydrogen-bond donors (Lipinski definition) is 0. The highest BCUT2D eigenvalue weighted by molar-refractivity contribution is 8.18. The molecule has 0 unspecified atom stereocenters. The second kappa shape index (κ2) is 7.52. The van der Waals surface area contributed by atoms with Gasteiger partial charge in [0, 0.05) is 5.39 Å². The van der Waals surface area contributed by atoms with E-state index in [0.29, 0.717) is 4.91 Å². The molecule has 0 spiro atoms. The van der Waals surface area contributed by atoms with Crippen molar-refractivity contribution >= 4 is 39.8 Å². The van der Waals surface area contributed by atoms with E-state index in [0.717, 1.165) is 45.0 Å². The molecular weight excluding hydrogens is 370 g/mol. The van der Waals surface area contributed by atoms with Crippen molar-refractivity contribution in [3.8, 4) is 5.75 Å². The number of carbonyl (C=O) groups is 2. The lowest BCUT2D eigenvalue weighted by Gasteiger charge is -2.13. The first-order valence-electron chi connectivity index (χ1n) is 8.93. The number of thioether (sulfide) groups is 1. The third-order valence-electron chi connectivity index (χ3n) is 4.72. The first kappa shape index (κ1) is 18.3. The van der Waals surface area contributed by atoms with Crippen molar-refractivity contribution in [3.05, 3.63) is 82.3 Å². The number of hydrogen-bond acceptors (Lipinski definition) is 4.